The molecular weight excluding hydrogens is 190 g/mol. The molecule has 0 amide bonds. The number of thioether (sulfide) groups is 1. The number of unbranched alkanes of at least 4 members (excludes halogenated alkanes) is 1. The fourth-order valence-electron chi connectivity index (χ4n) is 1.29. The molecule has 0 aliphatic rings. The highest BCUT2D eigenvalue weighted by atomic mass is 32.2. The Hall–Kier alpha value is -0.470. The zero-order valence-electron chi connectivity index (χ0n) is 9.05. The van der Waals surface area contributed by atoms with Crippen molar-refractivity contribution in [3.05, 3.63) is 29.3 Å². The Morgan fingerprint density at radius 1 is 1.21 bits per heavy atom. The molecule has 1 rings (SSSR count). The summed E-state index contributed by atoms with van der Waals surface area (Å²) in [4.78, 5) is 1.42. The number of rotatable bonds is 5. The first-order chi connectivity index (χ1) is 6.74. The standard InChI is InChI=1S/C12H19NS/c1-10-5-6-11(2)12(9-10)14-8-4-3-7-13/h5-6,9H,3-4,7-8,13H2,1-2H3. The minimum atomic E-state index is 0.813. The van der Waals surface area contributed by atoms with Crippen LogP contribution in [0, 0.1) is 13.8 Å². The Balaban J connectivity index is 2.45. The highest BCUT2D eigenvalue weighted by Gasteiger charge is 1.98. The quantitative estimate of drug-likeness (QED) is 0.595. The predicted molar refractivity (Wildman–Crippen MR) is 64.9 cm³/mol. The van der Waals surface area contributed by atoms with Crippen LogP contribution in [0.4, 0.5) is 0 Å². The maximum Gasteiger partial charge on any atom is 0.0104 e. The van der Waals surface area contributed by atoms with E-state index in [0.29, 0.717) is 0 Å². The van der Waals surface area contributed by atoms with Crippen molar-refractivity contribution in [3.63, 3.8) is 0 Å². The topological polar surface area (TPSA) is 26.0 Å². The van der Waals surface area contributed by atoms with Gasteiger partial charge in [0.25, 0.3) is 0 Å². The Bertz CT molecular complexity index is 284. The zero-order valence-corrected chi connectivity index (χ0v) is 9.86. The first-order valence-corrected chi connectivity index (χ1v) is 6.12. The lowest BCUT2D eigenvalue weighted by Gasteiger charge is -2.06. The molecule has 78 valence electrons. The molecule has 0 aliphatic carbocycles. The highest BCUT2D eigenvalue weighted by Crippen LogP contribution is 2.24. The van der Waals surface area contributed by atoms with Gasteiger partial charge in [0, 0.05) is 4.90 Å². The van der Waals surface area contributed by atoms with Crippen LogP contribution in [0.25, 0.3) is 0 Å². The van der Waals surface area contributed by atoms with Gasteiger partial charge < -0.3 is 5.73 Å². The Morgan fingerprint density at radius 2 is 2.00 bits per heavy atom. The molecule has 0 atom stereocenters. The summed E-state index contributed by atoms with van der Waals surface area (Å²) >= 11 is 1.95. The lowest BCUT2D eigenvalue weighted by molar-refractivity contribution is 0.814. The predicted octanol–water partition coefficient (Wildman–Crippen LogP) is 3.13. The van der Waals surface area contributed by atoms with Gasteiger partial charge in [0.05, 0.1) is 0 Å². The van der Waals surface area contributed by atoms with Gasteiger partial charge in [-0.3, -0.25) is 0 Å². The van der Waals surface area contributed by atoms with Crippen LogP contribution in [0.3, 0.4) is 0 Å². The maximum absolute atomic E-state index is 5.45. The smallest absolute Gasteiger partial charge is 0.0104 e. The summed E-state index contributed by atoms with van der Waals surface area (Å²) in [5, 5.41) is 0. The van der Waals surface area contributed by atoms with Crippen molar-refractivity contribution in [2.75, 3.05) is 12.3 Å². The van der Waals surface area contributed by atoms with Gasteiger partial charge in [-0.25, -0.2) is 0 Å². The SMILES string of the molecule is Cc1ccc(C)c(SCCCCN)c1. The van der Waals surface area contributed by atoms with Crippen LogP contribution in [0.2, 0.25) is 0 Å². The van der Waals surface area contributed by atoms with Gasteiger partial charge in [0.1, 0.15) is 0 Å². The Kier molecular flexibility index (Phi) is 5.05. The number of benzene rings is 1. The van der Waals surface area contributed by atoms with E-state index in [1.54, 1.807) is 0 Å². The Morgan fingerprint density at radius 3 is 2.71 bits per heavy atom. The molecule has 2 N–H and O–H groups in total. The van der Waals surface area contributed by atoms with E-state index in [4.69, 9.17) is 5.73 Å². The molecule has 0 unspecified atom stereocenters. The summed E-state index contributed by atoms with van der Waals surface area (Å²) in [5.41, 5.74) is 8.18. The molecule has 1 aromatic rings. The molecule has 1 nitrogen and oxygen atoms in total. The van der Waals surface area contributed by atoms with Crippen LogP contribution < -0.4 is 5.73 Å². The summed E-state index contributed by atoms with van der Waals surface area (Å²) in [5.74, 6) is 1.18. The van der Waals surface area contributed by atoms with Crippen molar-refractivity contribution < 1.29 is 0 Å². The second kappa shape index (κ2) is 6.10. The van der Waals surface area contributed by atoms with Crippen molar-refractivity contribution in [1.29, 1.82) is 0 Å². The van der Waals surface area contributed by atoms with E-state index in [2.05, 4.69) is 32.0 Å². The molecule has 0 saturated carbocycles. The summed E-state index contributed by atoms with van der Waals surface area (Å²) < 4.78 is 0. The van der Waals surface area contributed by atoms with Crippen LogP contribution in [0.5, 0.6) is 0 Å². The second-order valence-electron chi connectivity index (χ2n) is 3.61. The van der Waals surface area contributed by atoms with E-state index in [0.717, 1.165) is 13.0 Å². The summed E-state index contributed by atoms with van der Waals surface area (Å²) in [6.45, 7) is 5.13. The average Bonchev–Trinajstić information content (AvgIpc) is 2.18. The van der Waals surface area contributed by atoms with Crippen molar-refractivity contribution >= 4 is 11.8 Å². The fraction of sp³-hybridized carbons (Fsp3) is 0.500. The Labute approximate surface area is 91.1 Å². The molecule has 0 radical (unpaired) electrons. The molecule has 0 bridgehead atoms. The average molecular weight is 209 g/mol. The molecule has 1 aromatic carbocycles. The third-order valence-electron chi connectivity index (χ3n) is 2.20. The lowest BCUT2D eigenvalue weighted by Crippen LogP contribution is -1.98. The van der Waals surface area contributed by atoms with Gasteiger partial charge in [-0.05, 0) is 50.6 Å². The van der Waals surface area contributed by atoms with E-state index >= 15 is 0 Å². The number of hydrogen-bond acceptors (Lipinski definition) is 2. The molecule has 0 aliphatic heterocycles. The molecule has 0 saturated heterocycles. The number of nitrogens with two attached hydrogens (primary N) is 1. The van der Waals surface area contributed by atoms with E-state index < -0.39 is 0 Å². The molecular formula is C12H19NS. The largest absolute Gasteiger partial charge is 0.330 e. The van der Waals surface area contributed by atoms with Crippen LogP contribution in [-0.2, 0) is 0 Å². The van der Waals surface area contributed by atoms with Crippen LogP contribution >= 0.6 is 11.8 Å². The van der Waals surface area contributed by atoms with Gasteiger partial charge in [0.15, 0.2) is 0 Å². The normalized spacial score (nSPS) is 10.5. The third kappa shape index (κ3) is 3.72. The van der Waals surface area contributed by atoms with E-state index in [1.807, 2.05) is 11.8 Å². The van der Waals surface area contributed by atoms with Crippen molar-refractivity contribution in [3.8, 4) is 0 Å². The van der Waals surface area contributed by atoms with Gasteiger partial charge in [0.2, 0.25) is 0 Å². The van der Waals surface area contributed by atoms with Gasteiger partial charge in [-0.2, -0.15) is 0 Å². The summed E-state index contributed by atoms with van der Waals surface area (Å²) in [7, 11) is 0. The minimum absolute atomic E-state index is 0.813. The maximum atomic E-state index is 5.45. The highest BCUT2D eigenvalue weighted by molar-refractivity contribution is 7.99. The van der Waals surface area contributed by atoms with E-state index in [-0.39, 0.29) is 0 Å². The van der Waals surface area contributed by atoms with Crippen LogP contribution in [0.15, 0.2) is 23.1 Å². The molecule has 0 aromatic heterocycles. The molecule has 0 heterocycles. The van der Waals surface area contributed by atoms with E-state index in [1.165, 1.54) is 28.2 Å². The summed E-state index contributed by atoms with van der Waals surface area (Å²) in [6, 6.07) is 6.63. The second-order valence-corrected chi connectivity index (χ2v) is 4.75. The van der Waals surface area contributed by atoms with E-state index in [9.17, 15) is 0 Å². The number of aryl methyl sites for hydroxylation is 2. The molecule has 0 fully saturated rings. The molecule has 14 heavy (non-hydrogen) atoms. The summed E-state index contributed by atoms with van der Waals surface area (Å²) in [6.07, 6.45) is 2.35. The van der Waals surface area contributed by atoms with Crippen molar-refractivity contribution in [2.24, 2.45) is 5.73 Å². The minimum Gasteiger partial charge on any atom is -0.330 e. The van der Waals surface area contributed by atoms with Gasteiger partial charge in [-0.1, -0.05) is 17.7 Å². The van der Waals surface area contributed by atoms with Gasteiger partial charge >= 0.3 is 0 Å². The first-order valence-electron chi connectivity index (χ1n) is 5.14. The van der Waals surface area contributed by atoms with Crippen LogP contribution in [0.1, 0.15) is 24.0 Å². The number of hydrogen-bond donors (Lipinski definition) is 1. The monoisotopic (exact) mass is 209 g/mol. The van der Waals surface area contributed by atoms with Gasteiger partial charge in [-0.15, -0.1) is 11.8 Å². The molecule has 0 spiro atoms. The lowest BCUT2D eigenvalue weighted by atomic mass is 10.2. The molecule has 2 heteroatoms. The first kappa shape index (κ1) is 11.6. The van der Waals surface area contributed by atoms with Crippen LogP contribution in [-0.4, -0.2) is 12.3 Å². The zero-order chi connectivity index (χ0) is 10.4. The van der Waals surface area contributed by atoms with Crippen molar-refractivity contribution in [2.45, 2.75) is 31.6 Å². The third-order valence-corrected chi connectivity index (χ3v) is 3.44. The van der Waals surface area contributed by atoms with Crippen molar-refractivity contribution in [1.82, 2.24) is 0 Å². The fourth-order valence-corrected chi connectivity index (χ4v) is 2.42.